The van der Waals surface area contributed by atoms with Crippen molar-refractivity contribution in [3.05, 3.63) is 70.9 Å². The van der Waals surface area contributed by atoms with Gasteiger partial charge in [-0.3, -0.25) is 4.05 Å². The summed E-state index contributed by atoms with van der Waals surface area (Å²) in [5.41, 5.74) is 2.27. The van der Waals surface area contributed by atoms with Gasteiger partial charge < -0.3 is 5.21 Å². The Bertz CT molecular complexity index is 502. The Hall–Kier alpha value is -1.29. The highest BCUT2D eigenvalue weighted by Crippen LogP contribution is 2.43. The molecule has 2 nitrogen and oxygen atoms in total. The van der Waals surface area contributed by atoms with E-state index in [1.165, 1.54) is 17.5 Å². The second-order valence-corrected chi connectivity index (χ2v) is 5.60. The molecule has 0 amide bonds. The van der Waals surface area contributed by atoms with Crippen molar-refractivity contribution in [2.75, 3.05) is 0 Å². The third-order valence-electron chi connectivity index (χ3n) is 2.91. The predicted molar refractivity (Wildman–Crippen MR) is 69.8 cm³/mol. The summed E-state index contributed by atoms with van der Waals surface area (Å²) in [5, 5.41) is 12.6. The van der Waals surface area contributed by atoms with Gasteiger partial charge in [0.2, 0.25) is 0 Å². The number of nitrogens with zero attached hydrogens (tertiary/aromatic N) is 1. The molecule has 0 radical (unpaired) electrons. The van der Waals surface area contributed by atoms with Crippen molar-refractivity contribution >= 4 is 11.9 Å². The molecule has 0 aromatic heterocycles. The maximum Gasteiger partial charge on any atom is 0.117 e. The number of fused-ring (bicyclic) bond motifs is 1. The summed E-state index contributed by atoms with van der Waals surface area (Å²) in [6.07, 6.45) is 0. The minimum absolute atomic E-state index is 0.233. The minimum Gasteiger partial charge on any atom is -0.619 e. The predicted octanol–water partition coefficient (Wildman–Crippen LogP) is 3.72. The molecule has 86 valence electrons. The van der Waals surface area contributed by atoms with Crippen LogP contribution in [0.4, 0.5) is 0 Å². The molecule has 0 bridgehead atoms. The van der Waals surface area contributed by atoms with E-state index in [1.807, 2.05) is 54.6 Å². The van der Waals surface area contributed by atoms with Crippen molar-refractivity contribution < 1.29 is 4.05 Å². The first-order valence-corrected chi connectivity index (χ1v) is 6.42. The highest BCUT2D eigenvalue weighted by molar-refractivity contribution is 7.94. The van der Waals surface area contributed by atoms with Gasteiger partial charge in [-0.05, 0) is 6.07 Å². The summed E-state index contributed by atoms with van der Waals surface area (Å²) in [5.74, 6) is 0. The van der Waals surface area contributed by atoms with Crippen LogP contribution in [-0.4, -0.2) is 4.05 Å². The number of hydrogen-bond acceptors (Lipinski definition) is 2. The highest BCUT2D eigenvalue weighted by atomic mass is 32.2. The number of rotatable bonds is 2. The van der Waals surface area contributed by atoms with Crippen molar-refractivity contribution in [2.45, 2.75) is 18.0 Å². The summed E-state index contributed by atoms with van der Waals surface area (Å²) in [7, 11) is 0. The Balaban J connectivity index is 1.82. The molecule has 1 heterocycles. The number of hydrogen-bond donors (Lipinski definition) is 0. The lowest BCUT2D eigenvalue weighted by Gasteiger charge is -2.35. The van der Waals surface area contributed by atoms with Crippen molar-refractivity contribution in [3.8, 4) is 0 Å². The average molecular weight is 243 g/mol. The van der Waals surface area contributed by atoms with Crippen LogP contribution < -0.4 is 0 Å². The molecular formula is C14H13NOS. The van der Waals surface area contributed by atoms with Gasteiger partial charge in [-0.2, -0.15) is 0 Å². The highest BCUT2D eigenvalue weighted by Gasteiger charge is 2.30. The molecule has 0 saturated carbocycles. The van der Waals surface area contributed by atoms with E-state index in [0.29, 0.717) is 13.1 Å². The summed E-state index contributed by atoms with van der Waals surface area (Å²) in [4.78, 5) is 1.12. The van der Waals surface area contributed by atoms with E-state index in [1.54, 1.807) is 0 Å². The number of quaternary nitrogens is 1. The van der Waals surface area contributed by atoms with Gasteiger partial charge in [0.05, 0.1) is 4.90 Å². The van der Waals surface area contributed by atoms with Crippen LogP contribution in [0.5, 0.6) is 0 Å². The van der Waals surface area contributed by atoms with Gasteiger partial charge in [0, 0.05) is 11.1 Å². The first kappa shape index (κ1) is 10.8. The topological polar surface area (TPSA) is 23.1 Å². The largest absolute Gasteiger partial charge is 0.619 e. The lowest BCUT2D eigenvalue weighted by molar-refractivity contribution is -0.767. The van der Waals surface area contributed by atoms with Crippen LogP contribution >= 0.6 is 11.9 Å². The maximum absolute atomic E-state index is 12.6. The normalized spacial score (nSPS) is 22.4. The third-order valence-corrected chi connectivity index (χ3v) is 4.10. The molecule has 0 saturated heterocycles. The summed E-state index contributed by atoms with van der Waals surface area (Å²) >= 11 is 1.42. The van der Waals surface area contributed by atoms with Crippen LogP contribution in [0, 0.1) is 5.21 Å². The lowest BCUT2D eigenvalue weighted by Crippen LogP contribution is -2.28. The molecule has 1 aliphatic heterocycles. The molecule has 3 rings (SSSR count). The molecule has 0 spiro atoms. The lowest BCUT2D eigenvalue weighted by atomic mass is 10.2. The minimum atomic E-state index is -0.233. The van der Waals surface area contributed by atoms with Crippen LogP contribution in [0.25, 0.3) is 0 Å². The van der Waals surface area contributed by atoms with Gasteiger partial charge >= 0.3 is 0 Å². The zero-order valence-electron chi connectivity index (χ0n) is 9.37. The van der Waals surface area contributed by atoms with Crippen molar-refractivity contribution in [3.63, 3.8) is 0 Å². The van der Waals surface area contributed by atoms with E-state index in [-0.39, 0.29) is 4.05 Å². The second kappa shape index (κ2) is 4.18. The molecule has 1 aliphatic rings. The Labute approximate surface area is 105 Å². The quantitative estimate of drug-likeness (QED) is 0.456. The fraction of sp³-hybridized carbons (Fsp3) is 0.143. The fourth-order valence-electron chi connectivity index (χ4n) is 2.14. The standard InChI is InChI=1S/C14H13NOS/c16-15(10-12-6-2-1-3-7-12)11-13-8-4-5-9-14(13)17-15/h1-9H,10-11H2. The zero-order chi connectivity index (χ0) is 11.7. The van der Waals surface area contributed by atoms with Gasteiger partial charge in [-0.15, -0.1) is 0 Å². The van der Waals surface area contributed by atoms with E-state index in [0.717, 1.165) is 10.5 Å². The second-order valence-electron chi connectivity index (χ2n) is 4.32. The maximum atomic E-state index is 12.6. The third kappa shape index (κ3) is 2.22. The molecule has 0 fully saturated rings. The molecule has 1 atom stereocenters. The number of hydroxylamine groups is 2. The summed E-state index contributed by atoms with van der Waals surface area (Å²) in [6, 6.07) is 18.0. The van der Waals surface area contributed by atoms with Gasteiger partial charge in [-0.1, -0.05) is 48.5 Å². The SMILES string of the molecule is [O-][N+]1(Cc2ccccc2)Cc2ccccc2S1. The molecule has 0 aliphatic carbocycles. The van der Waals surface area contributed by atoms with Gasteiger partial charge in [0.25, 0.3) is 0 Å². The van der Waals surface area contributed by atoms with E-state index in [9.17, 15) is 5.21 Å². The fourth-order valence-corrected chi connectivity index (χ4v) is 3.31. The van der Waals surface area contributed by atoms with E-state index in [4.69, 9.17) is 0 Å². The first-order valence-electron chi connectivity index (χ1n) is 5.65. The van der Waals surface area contributed by atoms with E-state index < -0.39 is 0 Å². The molecule has 0 N–H and O–H groups in total. The molecular weight excluding hydrogens is 230 g/mol. The van der Waals surface area contributed by atoms with Gasteiger partial charge in [0.15, 0.2) is 0 Å². The zero-order valence-corrected chi connectivity index (χ0v) is 10.2. The van der Waals surface area contributed by atoms with Crippen molar-refractivity contribution in [2.24, 2.45) is 0 Å². The molecule has 1 unspecified atom stereocenters. The summed E-state index contributed by atoms with van der Waals surface area (Å²) in [6.45, 7) is 1.09. The van der Waals surface area contributed by atoms with Crippen LogP contribution in [-0.2, 0) is 13.1 Å². The molecule has 2 aromatic rings. The van der Waals surface area contributed by atoms with Crippen molar-refractivity contribution in [1.82, 2.24) is 0 Å². The Morgan fingerprint density at radius 2 is 1.71 bits per heavy atom. The van der Waals surface area contributed by atoms with Crippen LogP contribution in [0.3, 0.4) is 0 Å². The van der Waals surface area contributed by atoms with Gasteiger partial charge in [-0.25, -0.2) is 0 Å². The number of benzene rings is 2. The monoisotopic (exact) mass is 243 g/mol. The van der Waals surface area contributed by atoms with E-state index >= 15 is 0 Å². The van der Waals surface area contributed by atoms with Crippen LogP contribution in [0.1, 0.15) is 11.1 Å². The van der Waals surface area contributed by atoms with Crippen LogP contribution in [0.2, 0.25) is 0 Å². The Morgan fingerprint density at radius 3 is 2.47 bits per heavy atom. The first-order chi connectivity index (χ1) is 8.25. The van der Waals surface area contributed by atoms with Gasteiger partial charge in [0.1, 0.15) is 25.0 Å². The summed E-state index contributed by atoms with van der Waals surface area (Å²) < 4.78 is -0.233. The smallest absolute Gasteiger partial charge is 0.117 e. The molecule has 3 heteroatoms. The average Bonchev–Trinajstić information content (AvgIpc) is 2.66. The van der Waals surface area contributed by atoms with Crippen molar-refractivity contribution in [1.29, 1.82) is 0 Å². The Kier molecular flexibility index (Phi) is 2.67. The molecule has 17 heavy (non-hydrogen) atoms. The van der Waals surface area contributed by atoms with Crippen LogP contribution in [0.15, 0.2) is 59.5 Å². The van der Waals surface area contributed by atoms with E-state index in [2.05, 4.69) is 0 Å². The Morgan fingerprint density at radius 1 is 1.00 bits per heavy atom. The molecule has 2 aromatic carbocycles.